The summed E-state index contributed by atoms with van der Waals surface area (Å²) < 4.78 is 2.03. The lowest BCUT2D eigenvalue weighted by Crippen LogP contribution is -2.49. The van der Waals surface area contributed by atoms with Gasteiger partial charge in [-0.05, 0) is 50.5 Å². The van der Waals surface area contributed by atoms with E-state index in [-0.39, 0.29) is 0 Å². The molecule has 1 fully saturated rings. The Labute approximate surface area is 129 Å². The monoisotopic (exact) mass is 292 g/mol. The van der Waals surface area contributed by atoms with Crippen LogP contribution in [0.2, 0.25) is 0 Å². The fraction of sp³-hybridized carbons (Fsp3) is 0.824. The van der Waals surface area contributed by atoms with Crippen molar-refractivity contribution in [2.75, 3.05) is 0 Å². The first-order chi connectivity index (χ1) is 9.97. The number of nitrogens with one attached hydrogen (secondary N) is 1. The molecule has 4 heteroatoms. The number of hydrazine groups is 1. The molecule has 1 unspecified atom stereocenters. The van der Waals surface area contributed by atoms with Gasteiger partial charge in [-0.1, -0.05) is 26.7 Å². The molecule has 1 aromatic rings. The van der Waals surface area contributed by atoms with Gasteiger partial charge in [0.05, 0.1) is 5.69 Å². The molecule has 0 radical (unpaired) electrons. The molecule has 0 spiro atoms. The highest BCUT2D eigenvalue weighted by Gasteiger charge is 2.41. The van der Waals surface area contributed by atoms with Gasteiger partial charge in [0.25, 0.3) is 0 Å². The van der Waals surface area contributed by atoms with Crippen molar-refractivity contribution in [1.29, 1.82) is 0 Å². The normalized spacial score (nSPS) is 19.6. The van der Waals surface area contributed by atoms with E-state index in [1.54, 1.807) is 0 Å². The Hall–Kier alpha value is -0.870. The quantitative estimate of drug-likeness (QED) is 0.598. The fourth-order valence-electron chi connectivity index (χ4n) is 4.02. The molecular formula is C17H32N4. The zero-order valence-corrected chi connectivity index (χ0v) is 14.1. The van der Waals surface area contributed by atoms with Crippen LogP contribution in [0.3, 0.4) is 0 Å². The standard InChI is InChI=1S/C17H32N4/c1-13(2)12-17(8-5-6-9-17)16(19-18)11-15-7-10-21(20-15)14(3)4/h7,10,13-14,16,19H,5-6,8-9,11-12,18H2,1-4H3. The van der Waals surface area contributed by atoms with Gasteiger partial charge in [0.2, 0.25) is 0 Å². The molecule has 1 atom stereocenters. The molecule has 1 heterocycles. The van der Waals surface area contributed by atoms with E-state index < -0.39 is 0 Å². The highest BCUT2D eigenvalue weighted by molar-refractivity contribution is 5.06. The first-order valence-corrected chi connectivity index (χ1v) is 8.47. The van der Waals surface area contributed by atoms with Crippen molar-refractivity contribution < 1.29 is 0 Å². The van der Waals surface area contributed by atoms with Crippen molar-refractivity contribution in [1.82, 2.24) is 15.2 Å². The van der Waals surface area contributed by atoms with Gasteiger partial charge < -0.3 is 0 Å². The van der Waals surface area contributed by atoms with Gasteiger partial charge >= 0.3 is 0 Å². The molecule has 0 bridgehead atoms. The Morgan fingerprint density at radius 1 is 1.29 bits per heavy atom. The van der Waals surface area contributed by atoms with Crippen LogP contribution in [0.4, 0.5) is 0 Å². The summed E-state index contributed by atoms with van der Waals surface area (Å²) in [6, 6.07) is 2.89. The van der Waals surface area contributed by atoms with Crippen LogP contribution in [0.5, 0.6) is 0 Å². The lowest BCUT2D eigenvalue weighted by molar-refractivity contribution is 0.153. The van der Waals surface area contributed by atoms with Crippen LogP contribution < -0.4 is 11.3 Å². The molecular weight excluding hydrogens is 260 g/mol. The Morgan fingerprint density at radius 3 is 2.43 bits per heavy atom. The molecule has 1 aliphatic rings. The minimum Gasteiger partial charge on any atom is -0.271 e. The summed E-state index contributed by atoms with van der Waals surface area (Å²) in [6.45, 7) is 8.96. The molecule has 0 amide bonds. The van der Waals surface area contributed by atoms with Crippen molar-refractivity contribution >= 4 is 0 Å². The minimum atomic E-state index is 0.331. The van der Waals surface area contributed by atoms with Crippen LogP contribution in [0.25, 0.3) is 0 Å². The number of hydrogen-bond acceptors (Lipinski definition) is 3. The Morgan fingerprint density at radius 2 is 1.95 bits per heavy atom. The third kappa shape index (κ3) is 3.86. The summed E-state index contributed by atoms with van der Waals surface area (Å²) in [5, 5.41) is 4.70. The van der Waals surface area contributed by atoms with E-state index in [1.165, 1.54) is 32.1 Å². The molecule has 0 aliphatic heterocycles. The van der Waals surface area contributed by atoms with E-state index in [0.29, 0.717) is 23.4 Å². The molecule has 2 rings (SSSR count). The maximum absolute atomic E-state index is 5.94. The van der Waals surface area contributed by atoms with Crippen LogP contribution in [0, 0.1) is 11.3 Å². The summed E-state index contributed by atoms with van der Waals surface area (Å²) >= 11 is 0. The number of nitrogens with zero attached hydrogens (tertiary/aromatic N) is 2. The molecule has 21 heavy (non-hydrogen) atoms. The molecule has 0 aromatic carbocycles. The summed E-state index contributed by atoms with van der Waals surface area (Å²) in [7, 11) is 0. The summed E-state index contributed by atoms with van der Waals surface area (Å²) in [5.74, 6) is 6.66. The van der Waals surface area contributed by atoms with Crippen LogP contribution in [0.1, 0.15) is 71.5 Å². The number of hydrogen-bond donors (Lipinski definition) is 2. The van der Waals surface area contributed by atoms with Gasteiger partial charge in [-0.15, -0.1) is 0 Å². The molecule has 1 saturated carbocycles. The molecule has 3 N–H and O–H groups in total. The summed E-state index contributed by atoms with van der Waals surface area (Å²) in [6.07, 6.45) is 9.54. The third-order valence-corrected chi connectivity index (χ3v) is 4.96. The van der Waals surface area contributed by atoms with Gasteiger partial charge in [0, 0.05) is 24.7 Å². The highest BCUT2D eigenvalue weighted by atomic mass is 15.3. The lowest BCUT2D eigenvalue weighted by Gasteiger charge is -2.38. The lowest BCUT2D eigenvalue weighted by atomic mass is 9.71. The van der Waals surface area contributed by atoms with Gasteiger partial charge in [-0.25, -0.2) is 0 Å². The van der Waals surface area contributed by atoms with E-state index in [2.05, 4.69) is 45.4 Å². The summed E-state index contributed by atoms with van der Waals surface area (Å²) in [5.41, 5.74) is 4.63. The Kier molecular flexibility index (Phi) is 5.44. The molecule has 4 nitrogen and oxygen atoms in total. The molecule has 1 aromatic heterocycles. The summed E-state index contributed by atoms with van der Waals surface area (Å²) in [4.78, 5) is 0. The Balaban J connectivity index is 2.12. The van der Waals surface area contributed by atoms with Crippen molar-refractivity contribution in [3.63, 3.8) is 0 Å². The predicted octanol–water partition coefficient (Wildman–Crippen LogP) is 3.44. The predicted molar refractivity (Wildman–Crippen MR) is 87.8 cm³/mol. The van der Waals surface area contributed by atoms with E-state index in [0.717, 1.165) is 12.1 Å². The zero-order chi connectivity index (χ0) is 15.5. The molecule has 1 aliphatic carbocycles. The topological polar surface area (TPSA) is 55.9 Å². The first kappa shape index (κ1) is 16.5. The van der Waals surface area contributed by atoms with Gasteiger partial charge in [-0.3, -0.25) is 16.0 Å². The maximum Gasteiger partial charge on any atom is 0.0640 e. The third-order valence-electron chi connectivity index (χ3n) is 4.96. The van der Waals surface area contributed by atoms with E-state index >= 15 is 0 Å². The molecule has 0 saturated heterocycles. The fourth-order valence-corrected chi connectivity index (χ4v) is 4.02. The van der Waals surface area contributed by atoms with Crippen molar-refractivity contribution in [3.8, 4) is 0 Å². The second kappa shape index (κ2) is 6.93. The largest absolute Gasteiger partial charge is 0.271 e. The number of aromatic nitrogens is 2. The highest BCUT2D eigenvalue weighted by Crippen LogP contribution is 2.46. The van der Waals surface area contributed by atoms with Crippen molar-refractivity contribution in [3.05, 3.63) is 18.0 Å². The van der Waals surface area contributed by atoms with E-state index in [1.807, 2.05) is 4.68 Å². The van der Waals surface area contributed by atoms with E-state index in [9.17, 15) is 0 Å². The second-order valence-electron chi connectivity index (χ2n) is 7.47. The SMILES string of the molecule is CC(C)CC1(C(Cc2ccn(C(C)C)n2)NN)CCCC1. The smallest absolute Gasteiger partial charge is 0.0640 e. The first-order valence-electron chi connectivity index (χ1n) is 8.47. The van der Waals surface area contributed by atoms with Gasteiger partial charge in [0.15, 0.2) is 0 Å². The van der Waals surface area contributed by atoms with Gasteiger partial charge in [0.1, 0.15) is 0 Å². The zero-order valence-electron chi connectivity index (χ0n) is 14.1. The second-order valence-corrected chi connectivity index (χ2v) is 7.47. The van der Waals surface area contributed by atoms with Crippen LogP contribution in [-0.4, -0.2) is 15.8 Å². The van der Waals surface area contributed by atoms with Crippen molar-refractivity contribution in [2.45, 2.75) is 78.3 Å². The maximum atomic E-state index is 5.94. The van der Waals surface area contributed by atoms with Crippen LogP contribution >= 0.6 is 0 Å². The van der Waals surface area contributed by atoms with E-state index in [4.69, 9.17) is 10.9 Å². The average Bonchev–Trinajstić information content (AvgIpc) is 3.04. The minimum absolute atomic E-state index is 0.331. The van der Waals surface area contributed by atoms with Crippen LogP contribution in [0.15, 0.2) is 12.3 Å². The molecule has 120 valence electrons. The average molecular weight is 292 g/mol. The number of rotatable bonds is 7. The number of nitrogens with two attached hydrogens (primary N) is 1. The Bertz CT molecular complexity index is 430. The van der Waals surface area contributed by atoms with Crippen molar-refractivity contribution in [2.24, 2.45) is 17.2 Å². The van der Waals surface area contributed by atoms with Crippen LogP contribution in [-0.2, 0) is 6.42 Å². The van der Waals surface area contributed by atoms with Gasteiger partial charge in [-0.2, -0.15) is 5.10 Å².